The molecule has 0 radical (unpaired) electrons. The van der Waals surface area contributed by atoms with E-state index in [2.05, 4.69) is 10.1 Å². The largest absolute Gasteiger partial charge is 0.478 e. The van der Waals surface area contributed by atoms with Gasteiger partial charge in [-0.3, -0.25) is 4.68 Å². The van der Waals surface area contributed by atoms with Crippen LogP contribution in [-0.2, 0) is 7.05 Å². The van der Waals surface area contributed by atoms with Crippen LogP contribution in [-0.4, -0.2) is 54.5 Å². The fourth-order valence-corrected chi connectivity index (χ4v) is 3.06. The van der Waals surface area contributed by atoms with E-state index in [1.54, 1.807) is 18.7 Å². The molecule has 7 nitrogen and oxygen atoms in total. The summed E-state index contributed by atoms with van der Waals surface area (Å²) in [6.07, 6.45) is 0.390. The predicted molar refractivity (Wildman–Crippen MR) is 74.0 cm³/mol. The van der Waals surface area contributed by atoms with Crippen molar-refractivity contribution < 1.29 is 20.1 Å². The molecule has 0 fully saturated rings. The molecular weight excluding hydrogens is 282 g/mol. The van der Waals surface area contributed by atoms with E-state index < -0.39 is 12.1 Å². The molecule has 20 heavy (non-hydrogen) atoms. The second-order valence-corrected chi connectivity index (χ2v) is 5.39. The summed E-state index contributed by atoms with van der Waals surface area (Å²) < 4.78 is 1.59. The van der Waals surface area contributed by atoms with Crippen molar-refractivity contribution in [2.24, 2.45) is 7.05 Å². The average Bonchev–Trinajstić information content (AvgIpc) is 2.70. The Bertz CT molecular complexity index is 656. The number of hydrogen-bond acceptors (Lipinski definition) is 6. The van der Waals surface area contributed by atoms with Gasteiger partial charge in [-0.2, -0.15) is 5.10 Å². The van der Waals surface area contributed by atoms with E-state index in [1.807, 2.05) is 0 Å². The summed E-state index contributed by atoms with van der Waals surface area (Å²) in [5, 5.41) is 32.5. The lowest BCUT2D eigenvalue weighted by Crippen LogP contribution is -2.15. The molecule has 0 aliphatic heterocycles. The molecule has 108 valence electrons. The molecule has 1 atom stereocenters. The Morgan fingerprint density at radius 1 is 1.55 bits per heavy atom. The number of carboxylic acid groups (broad SMARTS) is 1. The number of nitrogens with zero attached hydrogens (tertiary/aromatic N) is 3. The highest BCUT2D eigenvalue weighted by molar-refractivity contribution is 7.99. The summed E-state index contributed by atoms with van der Waals surface area (Å²) in [5.74, 6) is -0.881. The van der Waals surface area contributed by atoms with Crippen LogP contribution in [0.25, 0.3) is 11.0 Å². The van der Waals surface area contributed by atoms with Crippen LogP contribution >= 0.6 is 11.8 Å². The van der Waals surface area contributed by atoms with Crippen LogP contribution in [0.3, 0.4) is 0 Å². The first-order valence-electron chi connectivity index (χ1n) is 5.93. The second kappa shape index (κ2) is 5.78. The summed E-state index contributed by atoms with van der Waals surface area (Å²) in [5.41, 5.74) is 1.34. The summed E-state index contributed by atoms with van der Waals surface area (Å²) in [7, 11) is 1.74. The van der Waals surface area contributed by atoms with Crippen molar-refractivity contribution in [3.8, 4) is 0 Å². The average molecular weight is 297 g/mol. The molecule has 0 aliphatic carbocycles. The molecule has 8 heteroatoms. The first kappa shape index (κ1) is 14.8. The third-order valence-corrected chi connectivity index (χ3v) is 4.10. The molecular formula is C12H15N3O4S. The van der Waals surface area contributed by atoms with Gasteiger partial charge in [0.05, 0.1) is 29.4 Å². The molecule has 0 amide bonds. The van der Waals surface area contributed by atoms with Crippen molar-refractivity contribution in [1.29, 1.82) is 0 Å². The van der Waals surface area contributed by atoms with Gasteiger partial charge in [-0.1, -0.05) is 0 Å². The Morgan fingerprint density at radius 2 is 2.25 bits per heavy atom. The van der Waals surface area contributed by atoms with E-state index in [9.17, 15) is 15.0 Å². The molecule has 3 N–H and O–H groups in total. The van der Waals surface area contributed by atoms with E-state index in [0.29, 0.717) is 21.6 Å². The van der Waals surface area contributed by atoms with Gasteiger partial charge in [-0.05, 0) is 6.92 Å². The molecule has 1 unspecified atom stereocenters. The minimum atomic E-state index is -1.08. The van der Waals surface area contributed by atoms with Crippen molar-refractivity contribution in [2.45, 2.75) is 17.9 Å². The van der Waals surface area contributed by atoms with Gasteiger partial charge in [0.1, 0.15) is 0 Å². The molecule has 0 saturated carbocycles. The van der Waals surface area contributed by atoms with Crippen molar-refractivity contribution >= 4 is 28.8 Å². The molecule has 2 aromatic heterocycles. The summed E-state index contributed by atoms with van der Waals surface area (Å²) in [6.45, 7) is 1.41. The smallest absolute Gasteiger partial charge is 0.338 e. The molecule has 0 spiro atoms. The number of hydrogen-bond donors (Lipinski definition) is 3. The number of aliphatic hydroxyl groups excluding tert-OH is 2. The minimum Gasteiger partial charge on any atom is -0.478 e. The van der Waals surface area contributed by atoms with Gasteiger partial charge < -0.3 is 15.3 Å². The molecule has 0 bridgehead atoms. The van der Waals surface area contributed by atoms with E-state index >= 15 is 0 Å². The zero-order valence-electron chi connectivity index (χ0n) is 11.1. The Labute approximate surface area is 119 Å². The molecule has 2 aromatic rings. The van der Waals surface area contributed by atoms with Gasteiger partial charge >= 0.3 is 5.97 Å². The maximum Gasteiger partial charge on any atom is 0.338 e. The number of aromatic nitrogens is 3. The highest BCUT2D eigenvalue weighted by Gasteiger charge is 2.20. The number of aryl methyl sites for hydroxylation is 2. The number of thioether (sulfide) groups is 1. The molecule has 0 aliphatic rings. The van der Waals surface area contributed by atoms with Gasteiger partial charge in [0.2, 0.25) is 0 Å². The first-order chi connectivity index (χ1) is 9.45. The Morgan fingerprint density at radius 3 is 2.85 bits per heavy atom. The lowest BCUT2D eigenvalue weighted by molar-refractivity contribution is 0.0693. The number of fused-ring (bicyclic) bond motifs is 1. The van der Waals surface area contributed by atoms with Gasteiger partial charge in [0.15, 0.2) is 5.65 Å². The predicted octanol–water partition coefficient (Wildman–Crippen LogP) is 0.420. The number of aromatic carboxylic acids is 1. The van der Waals surface area contributed by atoms with Gasteiger partial charge in [-0.15, -0.1) is 11.8 Å². The highest BCUT2D eigenvalue weighted by Crippen LogP contribution is 2.32. The van der Waals surface area contributed by atoms with Crippen molar-refractivity contribution in [3.63, 3.8) is 0 Å². The normalized spacial score (nSPS) is 12.8. The number of carbonyl (C=O) groups is 1. The standard InChI is InChI=1S/C12H15N3O4S/c1-6-9-10(20-5-7(17)4-16)8(12(18)19)3-13-11(9)15(2)14-6/h3,7,16-17H,4-5H2,1-2H3,(H,18,19). The summed E-state index contributed by atoms with van der Waals surface area (Å²) in [4.78, 5) is 15.9. The van der Waals surface area contributed by atoms with E-state index in [1.165, 1.54) is 18.0 Å². The van der Waals surface area contributed by atoms with Crippen LogP contribution in [0.5, 0.6) is 0 Å². The van der Waals surface area contributed by atoms with Crippen LogP contribution < -0.4 is 0 Å². The third-order valence-electron chi connectivity index (χ3n) is 2.84. The van der Waals surface area contributed by atoms with Gasteiger partial charge in [0.25, 0.3) is 0 Å². The van der Waals surface area contributed by atoms with Crippen LogP contribution in [0.2, 0.25) is 0 Å². The van der Waals surface area contributed by atoms with Crippen LogP contribution in [0.4, 0.5) is 0 Å². The van der Waals surface area contributed by atoms with Crippen LogP contribution in [0.1, 0.15) is 16.1 Å². The monoisotopic (exact) mass is 297 g/mol. The SMILES string of the molecule is Cc1nn(C)c2ncc(C(=O)O)c(SCC(O)CO)c12. The number of pyridine rings is 1. The Kier molecular flexibility index (Phi) is 4.26. The van der Waals surface area contributed by atoms with E-state index in [4.69, 9.17) is 5.11 Å². The van der Waals surface area contributed by atoms with E-state index in [-0.39, 0.29) is 17.9 Å². The minimum absolute atomic E-state index is 0.0729. The fraction of sp³-hybridized carbons (Fsp3) is 0.417. The lowest BCUT2D eigenvalue weighted by Gasteiger charge is -2.10. The lowest BCUT2D eigenvalue weighted by atomic mass is 10.2. The summed E-state index contributed by atoms with van der Waals surface area (Å²) in [6, 6.07) is 0. The fourth-order valence-electron chi connectivity index (χ4n) is 1.91. The molecule has 2 heterocycles. The van der Waals surface area contributed by atoms with Crippen LogP contribution in [0, 0.1) is 6.92 Å². The maximum absolute atomic E-state index is 11.3. The molecule has 0 aromatic carbocycles. The first-order valence-corrected chi connectivity index (χ1v) is 6.91. The van der Waals surface area contributed by atoms with Gasteiger partial charge in [0, 0.05) is 23.9 Å². The topological polar surface area (TPSA) is 108 Å². The van der Waals surface area contributed by atoms with Crippen molar-refractivity contribution in [3.05, 3.63) is 17.5 Å². The third kappa shape index (κ3) is 2.62. The van der Waals surface area contributed by atoms with E-state index in [0.717, 1.165) is 0 Å². The van der Waals surface area contributed by atoms with Crippen LogP contribution in [0.15, 0.2) is 11.1 Å². The maximum atomic E-state index is 11.3. The second-order valence-electron chi connectivity index (χ2n) is 4.36. The number of rotatable bonds is 5. The zero-order valence-corrected chi connectivity index (χ0v) is 11.9. The van der Waals surface area contributed by atoms with Gasteiger partial charge in [-0.25, -0.2) is 9.78 Å². The Balaban J connectivity index is 2.56. The van der Waals surface area contributed by atoms with Crippen molar-refractivity contribution in [2.75, 3.05) is 12.4 Å². The number of carboxylic acids is 1. The molecule has 0 saturated heterocycles. The Hall–Kier alpha value is -1.64. The van der Waals surface area contributed by atoms with Crippen molar-refractivity contribution in [1.82, 2.24) is 14.8 Å². The zero-order chi connectivity index (χ0) is 14.9. The quantitative estimate of drug-likeness (QED) is 0.686. The highest BCUT2D eigenvalue weighted by atomic mass is 32.2. The molecule has 2 rings (SSSR count). The summed E-state index contributed by atoms with van der Waals surface area (Å²) >= 11 is 1.18. The number of aliphatic hydroxyl groups is 2.